The van der Waals surface area contributed by atoms with Gasteiger partial charge in [-0.2, -0.15) is 5.10 Å². The Labute approximate surface area is 192 Å². The number of carbonyl (C=O) groups is 2. The molecular weight excluding hydrogens is 425 g/mol. The lowest BCUT2D eigenvalue weighted by molar-refractivity contribution is -0.142. The maximum atomic E-state index is 13.4. The standard InChI is InChI=1S/C25H28FN3O4/c1-32-14-13-28(25(31)19-3-4-19)16-24(30)29-23(18-7-11-21(33-2)12-8-18)15-22(27-29)17-5-9-20(26)10-6-17/h5-12,19,23H,3-4,13-16H2,1-2H3. The summed E-state index contributed by atoms with van der Waals surface area (Å²) in [6.07, 6.45) is 2.21. The van der Waals surface area contributed by atoms with Gasteiger partial charge in [-0.05, 0) is 48.2 Å². The number of methoxy groups -OCH3 is 2. The van der Waals surface area contributed by atoms with E-state index in [9.17, 15) is 14.0 Å². The van der Waals surface area contributed by atoms with Gasteiger partial charge in [0.25, 0.3) is 5.91 Å². The number of rotatable bonds is 9. The minimum Gasteiger partial charge on any atom is -0.497 e. The highest BCUT2D eigenvalue weighted by Gasteiger charge is 2.37. The van der Waals surface area contributed by atoms with Crippen molar-refractivity contribution < 1.29 is 23.5 Å². The minimum absolute atomic E-state index is 0.00361. The number of amides is 2. The summed E-state index contributed by atoms with van der Waals surface area (Å²) in [5, 5.41) is 6.08. The monoisotopic (exact) mass is 453 g/mol. The highest BCUT2D eigenvalue weighted by Crippen LogP contribution is 2.34. The van der Waals surface area contributed by atoms with Crippen molar-refractivity contribution in [2.75, 3.05) is 33.9 Å². The van der Waals surface area contributed by atoms with Gasteiger partial charge in [0.15, 0.2) is 0 Å². The van der Waals surface area contributed by atoms with Crippen molar-refractivity contribution in [2.24, 2.45) is 11.0 Å². The van der Waals surface area contributed by atoms with Gasteiger partial charge < -0.3 is 14.4 Å². The number of halogens is 1. The van der Waals surface area contributed by atoms with Crippen LogP contribution < -0.4 is 4.74 Å². The third kappa shape index (κ3) is 5.39. The molecule has 1 aliphatic carbocycles. The van der Waals surface area contributed by atoms with Gasteiger partial charge in [-0.3, -0.25) is 9.59 Å². The highest BCUT2D eigenvalue weighted by molar-refractivity contribution is 6.03. The number of carbonyl (C=O) groups excluding carboxylic acids is 2. The Kier molecular flexibility index (Phi) is 7.03. The molecule has 33 heavy (non-hydrogen) atoms. The Morgan fingerprint density at radius 2 is 1.79 bits per heavy atom. The quantitative estimate of drug-likeness (QED) is 0.584. The molecule has 1 heterocycles. The molecule has 7 nitrogen and oxygen atoms in total. The van der Waals surface area contributed by atoms with Gasteiger partial charge in [0.1, 0.15) is 18.1 Å². The van der Waals surface area contributed by atoms with Gasteiger partial charge >= 0.3 is 0 Å². The van der Waals surface area contributed by atoms with Crippen LogP contribution in [-0.4, -0.2) is 61.4 Å². The number of hydrogen-bond acceptors (Lipinski definition) is 5. The van der Waals surface area contributed by atoms with Crippen LogP contribution in [0, 0.1) is 11.7 Å². The van der Waals surface area contributed by atoms with E-state index in [-0.39, 0.29) is 36.1 Å². The molecule has 0 saturated heterocycles. The van der Waals surface area contributed by atoms with Crippen molar-refractivity contribution in [2.45, 2.75) is 25.3 Å². The molecule has 2 aliphatic rings. The lowest BCUT2D eigenvalue weighted by Crippen LogP contribution is -2.43. The maximum Gasteiger partial charge on any atom is 0.262 e. The van der Waals surface area contributed by atoms with E-state index in [1.54, 1.807) is 31.3 Å². The molecule has 2 aromatic rings. The van der Waals surface area contributed by atoms with Gasteiger partial charge in [-0.15, -0.1) is 0 Å². The van der Waals surface area contributed by atoms with Crippen molar-refractivity contribution in [3.63, 3.8) is 0 Å². The normalized spacial score (nSPS) is 17.6. The van der Waals surface area contributed by atoms with E-state index in [1.807, 2.05) is 24.3 Å². The molecule has 4 rings (SSSR count). The van der Waals surface area contributed by atoms with Gasteiger partial charge in [0, 0.05) is 26.0 Å². The van der Waals surface area contributed by atoms with Gasteiger partial charge in [0.05, 0.1) is 25.5 Å². The second-order valence-electron chi connectivity index (χ2n) is 8.31. The largest absolute Gasteiger partial charge is 0.497 e. The molecule has 0 spiro atoms. The molecule has 1 atom stereocenters. The average molecular weight is 454 g/mol. The van der Waals surface area contributed by atoms with E-state index in [4.69, 9.17) is 9.47 Å². The molecular formula is C25H28FN3O4. The number of benzene rings is 2. The second kappa shape index (κ2) is 10.1. The first-order valence-corrected chi connectivity index (χ1v) is 11.1. The molecule has 1 unspecified atom stereocenters. The third-order valence-electron chi connectivity index (χ3n) is 5.97. The average Bonchev–Trinajstić information content (AvgIpc) is 3.60. The van der Waals surface area contributed by atoms with E-state index in [2.05, 4.69) is 5.10 Å². The Morgan fingerprint density at radius 1 is 1.09 bits per heavy atom. The fraction of sp³-hybridized carbons (Fsp3) is 0.400. The molecule has 1 fully saturated rings. The van der Waals surface area contributed by atoms with E-state index in [1.165, 1.54) is 17.1 Å². The first kappa shape index (κ1) is 22.9. The summed E-state index contributed by atoms with van der Waals surface area (Å²) < 4.78 is 23.8. The van der Waals surface area contributed by atoms with Crippen LogP contribution in [0.4, 0.5) is 4.39 Å². The first-order chi connectivity index (χ1) is 16.0. The van der Waals surface area contributed by atoms with Crippen molar-refractivity contribution >= 4 is 17.5 Å². The third-order valence-corrected chi connectivity index (χ3v) is 5.97. The van der Waals surface area contributed by atoms with Crippen molar-refractivity contribution in [3.05, 3.63) is 65.5 Å². The van der Waals surface area contributed by atoms with Crippen LogP contribution in [0.15, 0.2) is 53.6 Å². The fourth-order valence-electron chi connectivity index (χ4n) is 3.94. The second-order valence-corrected chi connectivity index (χ2v) is 8.31. The molecule has 0 N–H and O–H groups in total. The maximum absolute atomic E-state index is 13.4. The Bertz CT molecular complexity index is 1020. The van der Waals surface area contributed by atoms with Crippen LogP contribution >= 0.6 is 0 Å². The van der Waals surface area contributed by atoms with Gasteiger partial charge in [-0.1, -0.05) is 24.3 Å². The molecule has 2 amide bonds. The van der Waals surface area contributed by atoms with E-state index < -0.39 is 0 Å². The summed E-state index contributed by atoms with van der Waals surface area (Å²) in [5.74, 6) is 0.115. The lowest BCUT2D eigenvalue weighted by Gasteiger charge is -2.27. The molecule has 0 radical (unpaired) electrons. The van der Waals surface area contributed by atoms with Crippen molar-refractivity contribution in [3.8, 4) is 5.75 Å². The molecule has 8 heteroatoms. The van der Waals surface area contributed by atoms with Gasteiger partial charge in [-0.25, -0.2) is 9.40 Å². The number of hydrogen-bond donors (Lipinski definition) is 0. The van der Waals surface area contributed by atoms with Crippen molar-refractivity contribution in [1.29, 1.82) is 0 Å². The number of nitrogens with zero attached hydrogens (tertiary/aromatic N) is 3. The predicted octanol–water partition coefficient (Wildman–Crippen LogP) is 3.40. The van der Waals surface area contributed by atoms with E-state index in [0.29, 0.717) is 25.3 Å². The SMILES string of the molecule is COCCN(CC(=O)N1N=C(c2ccc(F)cc2)CC1c1ccc(OC)cc1)C(=O)C1CC1. The topological polar surface area (TPSA) is 71.4 Å². The molecule has 174 valence electrons. The van der Waals surface area contributed by atoms with Crippen molar-refractivity contribution in [1.82, 2.24) is 9.91 Å². The Morgan fingerprint density at radius 3 is 2.39 bits per heavy atom. The zero-order valence-electron chi connectivity index (χ0n) is 18.9. The van der Waals surface area contributed by atoms with Crippen LogP contribution in [-0.2, 0) is 14.3 Å². The molecule has 0 aromatic heterocycles. The molecule has 1 saturated carbocycles. The summed E-state index contributed by atoms with van der Waals surface area (Å²) in [4.78, 5) is 27.7. The Hall–Kier alpha value is -3.26. The summed E-state index contributed by atoms with van der Waals surface area (Å²) >= 11 is 0. The fourth-order valence-corrected chi connectivity index (χ4v) is 3.94. The minimum atomic E-state index is -0.330. The smallest absolute Gasteiger partial charge is 0.262 e. The number of hydrazone groups is 1. The zero-order valence-corrected chi connectivity index (χ0v) is 18.9. The molecule has 2 aromatic carbocycles. The van der Waals surface area contributed by atoms with E-state index >= 15 is 0 Å². The Balaban J connectivity index is 1.59. The number of ether oxygens (including phenoxy) is 2. The van der Waals surface area contributed by atoms with Crippen LogP contribution in [0.3, 0.4) is 0 Å². The predicted molar refractivity (Wildman–Crippen MR) is 121 cm³/mol. The molecule has 1 aliphatic heterocycles. The molecule has 0 bridgehead atoms. The summed E-state index contributed by atoms with van der Waals surface area (Å²) in [6, 6.07) is 13.3. The van der Waals surface area contributed by atoms with Gasteiger partial charge in [0.2, 0.25) is 5.91 Å². The van der Waals surface area contributed by atoms with Crippen LogP contribution in [0.1, 0.15) is 36.4 Å². The highest BCUT2D eigenvalue weighted by atomic mass is 19.1. The van der Waals surface area contributed by atoms with Crippen LogP contribution in [0.25, 0.3) is 0 Å². The van der Waals surface area contributed by atoms with E-state index in [0.717, 1.165) is 29.7 Å². The summed E-state index contributed by atoms with van der Waals surface area (Å²) in [5.41, 5.74) is 2.36. The first-order valence-electron chi connectivity index (χ1n) is 11.1. The van der Waals surface area contributed by atoms with Crippen LogP contribution in [0.5, 0.6) is 5.75 Å². The lowest BCUT2D eigenvalue weighted by atomic mass is 9.98. The summed E-state index contributed by atoms with van der Waals surface area (Å²) in [6.45, 7) is 0.649. The van der Waals surface area contributed by atoms with Crippen LogP contribution in [0.2, 0.25) is 0 Å². The summed E-state index contributed by atoms with van der Waals surface area (Å²) in [7, 11) is 3.17. The zero-order chi connectivity index (χ0) is 23.4.